The fourth-order valence-corrected chi connectivity index (χ4v) is 3.01. The Morgan fingerprint density at radius 2 is 1.58 bits per heavy atom. The van der Waals surface area contributed by atoms with Crippen molar-refractivity contribution in [2.75, 3.05) is 0 Å². The number of rotatable bonds is 7. The van der Waals surface area contributed by atoms with E-state index in [1.54, 1.807) is 0 Å². The predicted octanol–water partition coefficient (Wildman–Crippen LogP) is 6.42. The maximum absolute atomic E-state index is 6.19. The summed E-state index contributed by atoms with van der Waals surface area (Å²) in [6.45, 7) is 3.31. The van der Waals surface area contributed by atoms with Crippen molar-refractivity contribution in [1.29, 1.82) is 0 Å². The highest BCUT2D eigenvalue weighted by Crippen LogP contribution is 2.25. The SMILES string of the molecule is CC(NCc1cc(Cl)ccc1OCc1ccc(Cl)cc1)c1ccccc1. The summed E-state index contributed by atoms with van der Waals surface area (Å²) in [6, 6.07) is 24.0. The highest BCUT2D eigenvalue weighted by Gasteiger charge is 2.09. The van der Waals surface area contributed by atoms with E-state index in [0.717, 1.165) is 21.9 Å². The summed E-state index contributed by atoms with van der Waals surface area (Å²) in [5.41, 5.74) is 3.35. The van der Waals surface area contributed by atoms with Crippen LogP contribution in [0.2, 0.25) is 10.0 Å². The lowest BCUT2D eigenvalue weighted by Gasteiger charge is -2.17. The fraction of sp³-hybridized carbons (Fsp3) is 0.182. The van der Waals surface area contributed by atoms with Crippen LogP contribution in [0.1, 0.15) is 29.7 Å². The topological polar surface area (TPSA) is 21.3 Å². The van der Waals surface area contributed by atoms with Crippen molar-refractivity contribution in [2.45, 2.75) is 26.1 Å². The minimum atomic E-state index is 0.235. The molecule has 0 bridgehead atoms. The average Bonchev–Trinajstić information content (AvgIpc) is 2.67. The molecule has 0 aromatic heterocycles. The second-order valence-electron chi connectivity index (χ2n) is 6.18. The van der Waals surface area contributed by atoms with Crippen LogP contribution in [0.3, 0.4) is 0 Å². The van der Waals surface area contributed by atoms with Gasteiger partial charge in [0.15, 0.2) is 0 Å². The summed E-state index contributed by atoms with van der Waals surface area (Å²) in [7, 11) is 0. The molecular formula is C22H21Cl2NO. The molecule has 0 spiro atoms. The molecule has 3 aromatic carbocycles. The Labute approximate surface area is 164 Å². The van der Waals surface area contributed by atoms with Crippen molar-refractivity contribution in [3.8, 4) is 5.75 Å². The summed E-state index contributed by atoms with van der Waals surface area (Å²) < 4.78 is 6.01. The van der Waals surface area contributed by atoms with Gasteiger partial charge in [-0.2, -0.15) is 0 Å². The molecule has 1 unspecified atom stereocenters. The molecule has 0 amide bonds. The second kappa shape index (κ2) is 9.09. The molecule has 0 aliphatic carbocycles. The monoisotopic (exact) mass is 385 g/mol. The number of halogens is 2. The van der Waals surface area contributed by atoms with Gasteiger partial charge in [0.1, 0.15) is 12.4 Å². The first-order valence-corrected chi connectivity index (χ1v) is 9.31. The number of ether oxygens (including phenoxy) is 1. The van der Waals surface area contributed by atoms with Crippen LogP contribution in [0, 0.1) is 0 Å². The van der Waals surface area contributed by atoms with Gasteiger partial charge in [-0.3, -0.25) is 0 Å². The van der Waals surface area contributed by atoms with Crippen molar-refractivity contribution in [2.24, 2.45) is 0 Å². The normalized spacial score (nSPS) is 12.0. The Morgan fingerprint density at radius 3 is 2.31 bits per heavy atom. The van der Waals surface area contributed by atoms with Crippen molar-refractivity contribution in [1.82, 2.24) is 5.32 Å². The summed E-state index contributed by atoms with van der Waals surface area (Å²) in [5, 5.41) is 4.96. The molecule has 0 saturated carbocycles. The van der Waals surface area contributed by atoms with E-state index in [0.29, 0.717) is 18.2 Å². The number of nitrogens with one attached hydrogen (secondary N) is 1. The molecule has 4 heteroatoms. The molecular weight excluding hydrogens is 365 g/mol. The van der Waals surface area contributed by atoms with Gasteiger partial charge in [0.2, 0.25) is 0 Å². The molecule has 0 radical (unpaired) electrons. The molecule has 26 heavy (non-hydrogen) atoms. The lowest BCUT2D eigenvalue weighted by atomic mass is 10.1. The standard InChI is InChI=1S/C22H21Cl2NO/c1-16(18-5-3-2-4-6-18)25-14-19-13-21(24)11-12-22(19)26-15-17-7-9-20(23)10-8-17/h2-13,16,25H,14-15H2,1H3. The third kappa shape index (κ3) is 5.25. The Bertz CT molecular complexity index is 835. The van der Waals surface area contributed by atoms with Gasteiger partial charge in [-0.1, -0.05) is 65.7 Å². The van der Waals surface area contributed by atoms with Crippen LogP contribution in [-0.2, 0) is 13.2 Å². The first-order valence-electron chi connectivity index (χ1n) is 8.56. The van der Waals surface area contributed by atoms with Crippen molar-refractivity contribution < 1.29 is 4.74 Å². The Kier molecular flexibility index (Phi) is 6.56. The fourth-order valence-electron chi connectivity index (χ4n) is 2.69. The highest BCUT2D eigenvalue weighted by molar-refractivity contribution is 6.30. The van der Waals surface area contributed by atoms with Crippen molar-refractivity contribution >= 4 is 23.2 Å². The van der Waals surface area contributed by atoms with Crippen LogP contribution >= 0.6 is 23.2 Å². The molecule has 3 aromatic rings. The lowest BCUT2D eigenvalue weighted by Crippen LogP contribution is -2.18. The van der Waals surface area contributed by atoms with E-state index < -0.39 is 0 Å². The van der Waals surface area contributed by atoms with Crippen molar-refractivity contribution in [3.05, 3.63) is 99.5 Å². The largest absolute Gasteiger partial charge is 0.489 e. The molecule has 3 rings (SSSR count). The van der Waals surface area contributed by atoms with Gasteiger partial charge in [-0.25, -0.2) is 0 Å². The van der Waals surface area contributed by atoms with E-state index >= 15 is 0 Å². The summed E-state index contributed by atoms with van der Waals surface area (Å²) >= 11 is 12.1. The second-order valence-corrected chi connectivity index (χ2v) is 7.05. The Morgan fingerprint density at radius 1 is 0.885 bits per heavy atom. The van der Waals surface area contributed by atoms with E-state index in [-0.39, 0.29) is 6.04 Å². The van der Waals surface area contributed by atoms with Gasteiger partial charge < -0.3 is 10.1 Å². The van der Waals surface area contributed by atoms with E-state index in [4.69, 9.17) is 27.9 Å². The average molecular weight is 386 g/mol. The lowest BCUT2D eigenvalue weighted by molar-refractivity contribution is 0.301. The van der Waals surface area contributed by atoms with Crippen LogP contribution in [0.15, 0.2) is 72.8 Å². The van der Waals surface area contributed by atoms with Crippen LogP contribution in [0.5, 0.6) is 5.75 Å². The van der Waals surface area contributed by atoms with Gasteiger partial charge in [0.25, 0.3) is 0 Å². The third-order valence-electron chi connectivity index (χ3n) is 4.23. The molecule has 0 aliphatic rings. The molecule has 0 saturated heterocycles. The quantitative estimate of drug-likeness (QED) is 0.506. The van der Waals surface area contributed by atoms with E-state index in [1.165, 1.54) is 5.56 Å². The zero-order valence-electron chi connectivity index (χ0n) is 14.6. The first-order chi connectivity index (χ1) is 12.6. The molecule has 1 atom stereocenters. The van der Waals surface area contributed by atoms with E-state index in [1.807, 2.05) is 60.7 Å². The molecule has 1 N–H and O–H groups in total. The maximum atomic E-state index is 6.19. The van der Waals surface area contributed by atoms with Crippen molar-refractivity contribution in [3.63, 3.8) is 0 Å². The molecule has 2 nitrogen and oxygen atoms in total. The van der Waals surface area contributed by atoms with Crippen LogP contribution in [-0.4, -0.2) is 0 Å². The van der Waals surface area contributed by atoms with Crippen LogP contribution in [0.4, 0.5) is 0 Å². The number of hydrogen-bond acceptors (Lipinski definition) is 2. The summed E-state index contributed by atoms with van der Waals surface area (Å²) in [5.74, 6) is 0.831. The zero-order chi connectivity index (χ0) is 18.4. The van der Waals surface area contributed by atoms with Gasteiger partial charge in [-0.15, -0.1) is 0 Å². The molecule has 0 heterocycles. The van der Waals surface area contributed by atoms with Gasteiger partial charge in [0, 0.05) is 28.2 Å². The minimum Gasteiger partial charge on any atom is -0.489 e. The summed E-state index contributed by atoms with van der Waals surface area (Å²) in [4.78, 5) is 0. The predicted molar refractivity (Wildman–Crippen MR) is 109 cm³/mol. The Hall–Kier alpha value is -2.00. The zero-order valence-corrected chi connectivity index (χ0v) is 16.1. The molecule has 134 valence electrons. The highest BCUT2D eigenvalue weighted by atomic mass is 35.5. The number of hydrogen-bond donors (Lipinski definition) is 1. The molecule has 0 fully saturated rings. The van der Waals surface area contributed by atoms with Gasteiger partial charge >= 0.3 is 0 Å². The van der Waals surface area contributed by atoms with E-state index in [2.05, 4.69) is 24.4 Å². The molecule has 0 aliphatic heterocycles. The van der Waals surface area contributed by atoms with Crippen LogP contribution in [0.25, 0.3) is 0 Å². The minimum absolute atomic E-state index is 0.235. The maximum Gasteiger partial charge on any atom is 0.124 e. The van der Waals surface area contributed by atoms with E-state index in [9.17, 15) is 0 Å². The number of benzene rings is 3. The van der Waals surface area contributed by atoms with Gasteiger partial charge in [-0.05, 0) is 48.4 Å². The van der Waals surface area contributed by atoms with Crippen LogP contribution < -0.4 is 10.1 Å². The van der Waals surface area contributed by atoms with Gasteiger partial charge in [0.05, 0.1) is 0 Å². The summed E-state index contributed by atoms with van der Waals surface area (Å²) in [6.07, 6.45) is 0. The Balaban J connectivity index is 1.66. The third-order valence-corrected chi connectivity index (χ3v) is 4.72. The first kappa shape index (κ1) is 18.8. The smallest absolute Gasteiger partial charge is 0.124 e.